The highest BCUT2D eigenvalue weighted by Gasteiger charge is 2.11. The van der Waals surface area contributed by atoms with Crippen molar-refractivity contribution in [2.24, 2.45) is 0 Å². The van der Waals surface area contributed by atoms with Crippen molar-refractivity contribution in [1.82, 2.24) is 4.98 Å². The van der Waals surface area contributed by atoms with Crippen LogP contribution in [-0.2, 0) is 6.54 Å². The van der Waals surface area contributed by atoms with Crippen molar-refractivity contribution >= 4 is 16.6 Å². The van der Waals surface area contributed by atoms with E-state index in [4.69, 9.17) is 9.47 Å². The molecule has 0 fully saturated rings. The number of halogens is 2. The standard InChI is InChI=1S/C23H20F2N2O2/c1-28-17-6-3-14(4-7-17)13-26-22-10-15(5-8-23(22)29-2)20-11-16-9-18(24)19(25)12-21(16)27-20/h3-12,26-27H,13H2,1-2H3. The molecule has 4 rings (SSSR count). The summed E-state index contributed by atoms with van der Waals surface area (Å²) in [7, 11) is 3.25. The maximum absolute atomic E-state index is 13.5. The van der Waals surface area contributed by atoms with E-state index in [9.17, 15) is 8.78 Å². The molecule has 0 atom stereocenters. The molecule has 0 aliphatic heterocycles. The number of hydrogen-bond donors (Lipinski definition) is 2. The van der Waals surface area contributed by atoms with Gasteiger partial charge in [-0.1, -0.05) is 12.1 Å². The molecule has 3 aromatic carbocycles. The van der Waals surface area contributed by atoms with Crippen molar-refractivity contribution in [3.63, 3.8) is 0 Å². The number of rotatable bonds is 6. The van der Waals surface area contributed by atoms with Crippen LogP contribution < -0.4 is 14.8 Å². The fraction of sp³-hybridized carbons (Fsp3) is 0.130. The predicted octanol–water partition coefficient (Wildman–Crippen LogP) is 5.74. The van der Waals surface area contributed by atoms with E-state index in [1.165, 1.54) is 12.1 Å². The second kappa shape index (κ2) is 7.83. The van der Waals surface area contributed by atoms with Gasteiger partial charge in [-0.05, 0) is 48.0 Å². The summed E-state index contributed by atoms with van der Waals surface area (Å²) in [5.74, 6) is -0.224. The molecule has 0 spiro atoms. The molecular formula is C23H20F2N2O2. The first-order valence-electron chi connectivity index (χ1n) is 9.10. The van der Waals surface area contributed by atoms with Gasteiger partial charge >= 0.3 is 0 Å². The average Bonchev–Trinajstić information content (AvgIpc) is 3.15. The molecule has 0 aliphatic rings. The molecule has 29 heavy (non-hydrogen) atoms. The van der Waals surface area contributed by atoms with E-state index in [1.54, 1.807) is 20.3 Å². The first kappa shape index (κ1) is 18.8. The molecule has 0 amide bonds. The number of aromatic nitrogens is 1. The van der Waals surface area contributed by atoms with Gasteiger partial charge < -0.3 is 19.8 Å². The van der Waals surface area contributed by atoms with Crippen molar-refractivity contribution in [1.29, 1.82) is 0 Å². The van der Waals surface area contributed by atoms with E-state index in [-0.39, 0.29) is 0 Å². The maximum atomic E-state index is 13.5. The van der Waals surface area contributed by atoms with Gasteiger partial charge in [0.2, 0.25) is 0 Å². The van der Waals surface area contributed by atoms with Gasteiger partial charge in [-0.15, -0.1) is 0 Å². The van der Waals surface area contributed by atoms with Crippen LogP contribution in [0.3, 0.4) is 0 Å². The van der Waals surface area contributed by atoms with Crippen LogP contribution in [0.5, 0.6) is 11.5 Å². The van der Waals surface area contributed by atoms with E-state index in [1.807, 2.05) is 42.5 Å². The molecular weight excluding hydrogens is 374 g/mol. The lowest BCUT2D eigenvalue weighted by Gasteiger charge is -2.13. The Morgan fingerprint density at radius 2 is 1.62 bits per heavy atom. The Morgan fingerprint density at radius 3 is 2.34 bits per heavy atom. The summed E-state index contributed by atoms with van der Waals surface area (Å²) in [5.41, 5.74) is 4.09. The van der Waals surface area contributed by atoms with Crippen LogP contribution in [0.15, 0.2) is 60.7 Å². The molecule has 1 aromatic heterocycles. The molecule has 0 bridgehead atoms. The summed E-state index contributed by atoms with van der Waals surface area (Å²) in [5, 5.41) is 3.99. The first-order valence-corrected chi connectivity index (χ1v) is 9.10. The summed E-state index contributed by atoms with van der Waals surface area (Å²) in [6, 6.07) is 17.7. The van der Waals surface area contributed by atoms with E-state index in [2.05, 4.69) is 10.3 Å². The van der Waals surface area contributed by atoms with Gasteiger partial charge in [0.15, 0.2) is 11.6 Å². The highest BCUT2D eigenvalue weighted by Crippen LogP contribution is 2.32. The van der Waals surface area contributed by atoms with Crippen LogP contribution in [-0.4, -0.2) is 19.2 Å². The lowest BCUT2D eigenvalue weighted by molar-refractivity contribution is 0.414. The largest absolute Gasteiger partial charge is 0.497 e. The monoisotopic (exact) mass is 394 g/mol. The van der Waals surface area contributed by atoms with Gasteiger partial charge in [-0.3, -0.25) is 0 Å². The number of H-pyrrole nitrogens is 1. The van der Waals surface area contributed by atoms with Gasteiger partial charge in [-0.25, -0.2) is 8.78 Å². The summed E-state index contributed by atoms with van der Waals surface area (Å²) in [4.78, 5) is 3.14. The minimum absolute atomic E-state index is 0.544. The number of ether oxygens (including phenoxy) is 2. The number of nitrogens with one attached hydrogen (secondary N) is 2. The zero-order valence-corrected chi connectivity index (χ0v) is 16.1. The summed E-state index contributed by atoms with van der Waals surface area (Å²) < 4.78 is 37.7. The number of methoxy groups -OCH3 is 2. The van der Waals surface area contributed by atoms with Gasteiger partial charge in [-0.2, -0.15) is 0 Å². The Morgan fingerprint density at radius 1 is 0.862 bits per heavy atom. The van der Waals surface area contributed by atoms with E-state index >= 15 is 0 Å². The first-order chi connectivity index (χ1) is 14.1. The van der Waals surface area contributed by atoms with Crippen LogP contribution in [0.25, 0.3) is 22.2 Å². The number of aromatic amines is 1. The van der Waals surface area contributed by atoms with Crippen LogP contribution in [0, 0.1) is 11.6 Å². The smallest absolute Gasteiger partial charge is 0.160 e. The van der Waals surface area contributed by atoms with Crippen LogP contribution >= 0.6 is 0 Å². The molecule has 0 saturated heterocycles. The van der Waals surface area contributed by atoms with Crippen molar-refractivity contribution in [3.05, 3.63) is 77.9 Å². The van der Waals surface area contributed by atoms with E-state index in [0.717, 1.165) is 28.3 Å². The Balaban J connectivity index is 1.62. The number of fused-ring (bicyclic) bond motifs is 1. The maximum Gasteiger partial charge on any atom is 0.160 e. The highest BCUT2D eigenvalue weighted by molar-refractivity contribution is 5.86. The average molecular weight is 394 g/mol. The third-order valence-corrected chi connectivity index (χ3v) is 4.81. The van der Waals surface area contributed by atoms with E-state index in [0.29, 0.717) is 23.2 Å². The molecule has 0 radical (unpaired) electrons. The zero-order chi connectivity index (χ0) is 20.4. The Labute approximate surface area is 167 Å². The highest BCUT2D eigenvalue weighted by atomic mass is 19.2. The topological polar surface area (TPSA) is 46.3 Å². The van der Waals surface area contributed by atoms with Crippen LogP contribution in [0.4, 0.5) is 14.5 Å². The molecule has 4 nitrogen and oxygen atoms in total. The quantitative estimate of drug-likeness (QED) is 0.438. The van der Waals surface area contributed by atoms with Gasteiger partial charge in [0.1, 0.15) is 11.5 Å². The molecule has 0 saturated carbocycles. The fourth-order valence-electron chi connectivity index (χ4n) is 3.24. The van der Waals surface area contributed by atoms with E-state index < -0.39 is 11.6 Å². The van der Waals surface area contributed by atoms with Gasteiger partial charge in [0.25, 0.3) is 0 Å². The third-order valence-electron chi connectivity index (χ3n) is 4.81. The number of benzene rings is 3. The van der Waals surface area contributed by atoms with Gasteiger partial charge in [0, 0.05) is 34.8 Å². The third kappa shape index (κ3) is 3.87. The second-order valence-electron chi connectivity index (χ2n) is 6.65. The van der Waals surface area contributed by atoms with Crippen LogP contribution in [0.1, 0.15) is 5.56 Å². The minimum atomic E-state index is -0.873. The predicted molar refractivity (Wildman–Crippen MR) is 111 cm³/mol. The zero-order valence-electron chi connectivity index (χ0n) is 16.1. The lowest BCUT2D eigenvalue weighted by Crippen LogP contribution is -2.01. The summed E-state index contributed by atoms with van der Waals surface area (Å²) in [6.45, 7) is 0.604. The normalized spacial score (nSPS) is 10.9. The molecule has 1 heterocycles. The molecule has 6 heteroatoms. The summed E-state index contributed by atoms with van der Waals surface area (Å²) in [6.07, 6.45) is 0. The lowest BCUT2D eigenvalue weighted by atomic mass is 10.1. The van der Waals surface area contributed by atoms with Crippen LogP contribution in [0.2, 0.25) is 0 Å². The Bertz CT molecular complexity index is 1110. The fourth-order valence-corrected chi connectivity index (χ4v) is 3.24. The van der Waals surface area contributed by atoms with Crippen molar-refractivity contribution < 1.29 is 18.3 Å². The molecule has 4 aromatic rings. The van der Waals surface area contributed by atoms with Gasteiger partial charge in [0.05, 0.1) is 19.9 Å². The SMILES string of the molecule is COc1ccc(CNc2cc(-c3cc4cc(F)c(F)cc4[nH]3)ccc2OC)cc1. The summed E-state index contributed by atoms with van der Waals surface area (Å²) >= 11 is 0. The Kier molecular flexibility index (Phi) is 5.08. The molecule has 148 valence electrons. The second-order valence-corrected chi connectivity index (χ2v) is 6.65. The number of hydrogen-bond acceptors (Lipinski definition) is 3. The van der Waals surface area contributed by atoms with Crippen molar-refractivity contribution in [2.45, 2.75) is 6.54 Å². The Hall–Kier alpha value is -3.54. The molecule has 2 N–H and O–H groups in total. The molecule has 0 aliphatic carbocycles. The molecule has 0 unspecified atom stereocenters. The minimum Gasteiger partial charge on any atom is -0.497 e. The number of anilines is 1. The van der Waals surface area contributed by atoms with Crippen molar-refractivity contribution in [3.8, 4) is 22.8 Å². The van der Waals surface area contributed by atoms with Crippen molar-refractivity contribution in [2.75, 3.05) is 19.5 Å².